The fraction of sp³-hybridized carbons (Fsp3) is 0.385. The van der Waals surface area contributed by atoms with Crippen LogP contribution in [0.15, 0.2) is 24.8 Å². The molecule has 3 rings (SSSR count). The molecule has 0 saturated carbocycles. The lowest BCUT2D eigenvalue weighted by Gasteiger charge is -2.17. The van der Waals surface area contributed by atoms with E-state index in [4.69, 9.17) is 0 Å². The standard InChI is InChI=1S/C13H16N6O2/c1-8-15-3-2-12(17-8)19-5-10(11(20)6-19)18-13(21)9-4-14-7-16-9/h2-4,7,10-11,20H,5-6H2,1H3,(H,14,16)(H,18,21)/t10-,11-/m1/s1. The number of aromatic nitrogens is 4. The van der Waals surface area contributed by atoms with Gasteiger partial charge in [0.25, 0.3) is 5.91 Å². The molecule has 8 nitrogen and oxygen atoms in total. The minimum atomic E-state index is -0.646. The first-order chi connectivity index (χ1) is 10.1. The summed E-state index contributed by atoms with van der Waals surface area (Å²) in [4.78, 5) is 28.8. The molecule has 2 atom stereocenters. The average Bonchev–Trinajstić information content (AvgIpc) is 3.09. The smallest absolute Gasteiger partial charge is 0.269 e. The molecule has 2 aromatic heterocycles. The van der Waals surface area contributed by atoms with Gasteiger partial charge in [-0.3, -0.25) is 4.79 Å². The Labute approximate surface area is 121 Å². The van der Waals surface area contributed by atoms with Gasteiger partial charge in [-0.1, -0.05) is 0 Å². The van der Waals surface area contributed by atoms with E-state index in [-0.39, 0.29) is 11.9 Å². The van der Waals surface area contributed by atoms with Gasteiger partial charge in [-0.25, -0.2) is 15.0 Å². The van der Waals surface area contributed by atoms with E-state index in [1.165, 1.54) is 12.5 Å². The number of aryl methyl sites for hydroxylation is 1. The first-order valence-corrected chi connectivity index (χ1v) is 6.65. The lowest BCUT2D eigenvalue weighted by molar-refractivity contribution is 0.0884. The molecule has 8 heteroatoms. The molecule has 1 saturated heterocycles. The van der Waals surface area contributed by atoms with Crippen molar-refractivity contribution < 1.29 is 9.90 Å². The summed E-state index contributed by atoms with van der Waals surface area (Å²) in [5.41, 5.74) is 0.374. The van der Waals surface area contributed by atoms with Crippen LogP contribution in [0.25, 0.3) is 0 Å². The number of anilines is 1. The van der Waals surface area contributed by atoms with Crippen molar-refractivity contribution in [3.63, 3.8) is 0 Å². The van der Waals surface area contributed by atoms with E-state index in [0.29, 0.717) is 24.6 Å². The van der Waals surface area contributed by atoms with Gasteiger partial charge in [-0.05, 0) is 13.0 Å². The van der Waals surface area contributed by atoms with Crippen molar-refractivity contribution in [3.8, 4) is 0 Å². The number of aromatic amines is 1. The molecule has 1 fully saturated rings. The third-order valence-corrected chi connectivity index (χ3v) is 3.43. The fourth-order valence-corrected chi connectivity index (χ4v) is 2.36. The Morgan fingerprint density at radius 1 is 1.52 bits per heavy atom. The SMILES string of the molecule is Cc1nccc(N2C[C@@H](O)[C@H](NC(=O)c3cnc[nH]3)C2)n1. The second kappa shape index (κ2) is 5.49. The number of carbonyl (C=O) groups excluding carboxylic acids is 1. The van der Waals surface area contributed by atoms with Gasteiger partial charge in [0.2, 0.25) is 0 Å². The Morgan fingerprint density at radius 2 is 2.38 bits per heavy atom. The minimum Gasteiger partial charge on any atom is -0.389 e. The van der Waals surface area contributed by atoms with Crippen LogP contribution in [0.3, 0.4) is 0 Å². The molecule has 110 valence electrons. The molecule has 2 aromatic rings. The largest absolute Gasteiger partial charge is 0.389 e. The van der Waals surface area contributed by atoms with Gasteiger partial charge < -0.3 is 20.3 Å². The summed E-state index contributed by atoms with van der Waals surface area (Å²) in [7, 11) is 0. The van der Waals surface area contributed by atoms with Gasteiger partial charge in [0.1, 0.15) is 17.3 Å². The average molecular weight is 288 g/mol. The van der Waals surface area contributed by atoms with E-state index in [0.717, 1.165) is 5.82 Å². The molecule has 1 aliphatic heterocycles. The zero-order valence-electron chi connectivity index (χ0n) is 11.5. The third kappa shape index (κ3) is 2.84. The Morgan fingerprint density at radius 3 is 3.10 bits per heavy atom. The summed E-state index contributed by atoms with van der Waals surface area (Å²) >= 11 is 0. The first kappa shape index (κ1) is 13.5. The van der Waals surface area contributed by atoms with Crippen molar-refractivity contribution in [3.05, 3.63) is 36.3 Å². The Bertz CT molecular complexity index is 629. The Kier molecular flexibility index (Phi) is 3.53. The summed E-state index contributed by atoms with van der Waals surface area (Å²) in [5, 5.41) is 12.9. The lowest BCUT2D eigenvalue weighted by Crippen LogP contribution is -2.43. The summed E-state index contributed by atoms with van der Waals surface area (Å²) in [5.74, 6) is 1.14. The van der Waals surface area contributed by atoms with Gasteiger partial charge in [-0.2, -0.15) is 0 Å². The van der Waals surface area contributed by atoms with Crippen LogP contribution in [0.1, 0.15) is 16.3 Å². The molecular formula is C13H16N6O2. The van der Waals surface area contributed by atoms with E-state index in [9.17, 15) is 9.90 Å². The highest BCUT2D eigenvalue weighted by Crippen LogP contribution is 2.18. The normalized spacial score (nSPS) is 21.5. The number of aliphatic hydroxyl groups is 1. The monoisotopic (exact) mass is 288 g/mol. The first-order valence-electron chi connectivity index (χ1n) is 6.65. The van der Waals surface area contributed by atoms with E-state index in [2.05, 4.69) is 25.3 Å². The number of nitrogens with one attached hydrogen (secondary N) is 2. The summed E-state index contributed by atoms with van der Waals surface area (Å²) in [6.45, 7) is 2.73. The zero-order valence-corrected chi connectivity index (χ0v) is 11.5. The van der Waals surface area contributed by atoms with Gasteiger partial charge in [0.15, 0.2) is 0 Å². The highest BCUT2D eigenvalue weighted by Gasteiger charge is 2.33. The van der Waals surface area contributed by atoms with Crippen molar-refractivity contribution >= 4 is 11.7 Å². The zero-order chi connectivity index (χ0) is 14.8. The van der Waals surface area contributed by atoms with Gasteiger partial charge in [0.05, 0.1) is 24.7 Å². The fourth-order valence-electron chi connectivity index (χ4n) is 2.36. The molecule has 0 aliphatic carbocycles. The number of nitrogens with zero attached hydrogens (tertiary/aromatic N) is 4. The molecule has 3 N–H and O–H groups in total. The van der Waals surface area contributed by atoms with E-state index >= 15 is 0 Å². The van der Waals surface area contributed by atoms with Crippen LogP contribution in [0.2, 0.25) is 0 Å². The predicted molar refractivity (Wildman–Crippen MR) is 74.8 cm³/mol. The van der Waals surface area contributed by atoms with Crippen LogP contribution < -0.4 is 10.2 Å². The molecule has 3 heterocycles. The van der Waals surface area contributed by atoms with Crippen LogP contribution in [0, 0.1) is 6.92 Å². The Hall–Kier alpha value is -2.48. The summed E-state index contributed by atoms with van der Waals surface area (Å²) in [6, 6.07) is 1.44. The number of aliphatic hydroxyl groups excluding tert-OH is 1. The molecule has 0 bridgehead atoms. The summed E-state index contributed by atoms with van der Waals surface area (Å²) < 4.78 is 0. The van der Waals surface area contributed by atoms with Crippen molar-refractivity contribution in [2.75, 3.05) is 18.0 Å². The van der Waals surface area contributed by atoms with Crippen LogP contribution in [0.4, 0.5) is 5.82 Å². The van der Waals surface area contributed by atoms with Crippen molar-refractivity contribution in [1.29, 1.82) is 0 Å². The maximum Gasteiger partial charge on any atom is 0.269 e. The van der Waals surface area contributed by atoms with Crippen molar-refractivity contribution in [2.24, 2.45) is 0 Å². The highest BCUT2D eigenvalue weighted by atomic mass is 16.3. The maximum absolute atomic E-state index is 12.0. The predicted octanol–water partition coefficient (Wildman–Crippen LogP) is -0.512. The van der Waals surface area contributed by atoms with Gasteiger partial charge in [-0.15, -0.1) is 0 Å². The second-order valence-corrected chi connectivity index (χ2v) is 4.98. The number of amides is 1. The molecule has 0 unspecified atom stereocenters. The Balaban J connectivity index is 1.67. The molecule has 0 spiro atoms. The van der Waals surface area contributed by atoms with Crippen molar-refractivity contribution in [2.45, 2.75) is 19.1 Å². The topological polar surface area (TPSA) is 107 Å². The minimum absolute atomic E-state index is 0.280. The number of β-amino-alcohol motifs (C(OH)–C–C–N with tert-alkyl or cyclic N) is 1. The maximum atomic E-state index is 12.0. The second-order valence-electron chi connectivity index (χ2n) is 4.98. The number of hydrogen-bond donors (Lipinski definition) is 3. The lowest BCUT2D eigenvalue weighted by atomic mass is 10.2. The molecule has 0 radical (unpaired) electrons. The third-order valence-electron chi connectivity index (χ3n) is 3.43. The number of hydrogen-bond acceptors (Lipinski definition) is 6. The van der Waals surface area contributed by atoms with Crippen LogP contribution in [-0.2, 0) is 0 Å². The number of imidazole rings is 1. The van der Waals surface area contributed by atoms with Crippen LogP contribution in [-0.4, -0.2) is 56.2 Å². The highest BCUT2D eigenvalue weighted by molar-refractivity contribution is 5.92. The van der Waals surface area contributed by atoms with Gasteiger partial charge in [0, 0.05) is 19.3 Å². The quantitative estimate of drug-likeness (QED) is 0.702. The van der Waals surface area contributed by atoms with Crippen LogP contribution in [0.5, 0.6) is 0 Å². The molecular weight excluding hydrogens is 272 g/mol. The van der Waals surface area contributed by atoms with Crippen molar-refractivity contribution in [1.82, 2.24) is 25.3 Å². The molecule has 21 heavy (non-hydrogen) atoms. The van der Waals surface area contributed by atoms with E-state index in [1.807, 2.05) is 11.8 Å². The number of rotatable bonds is 3. The molecule has 1 aliphatic rings. The van der Waals surface area contributed by atoms with Gasteiger partial charge >= 0.3 is 0 Å². The number of H-pyrrole nitrogens is 1. The van der Waals surface area contributed by atoms with E-state index in [1.54, 1.807) is 12.3 Å². The van der Waals surface area contributed by atoms with Crippen LogP contribution >= 0.6 is 0 Å². The van der Waals surface area contributed by atoms with E-state index < -0.39 is 6.10 Å². The molecule has 1 amide bonds. The summed E-state index contributed by atoms with van der Waals surface area (Å²) in [6.07, 6.45) is 3.92. The molecule has 0 aromatic carbocycles. The number of carbonyl (C=O) groups is 1.